The molecule has 210 valence electrons. The lowest BCUT2D eigenvalue weighted by Crippen LogP contribution is -2.33. The standard InChI is InChI=1S/C28H31N11O2/c1-16-10-32-28(35-23-9-17(2)38(3)37-23)36-26(16)20-11-31-27-19(20)5-4-6-21(27)33-24(40)15-39-8-7-18(14-39)41-25-13-30-12-22(29)34-25/h4-6,9-13,18,31H,7-8,14-15H2,1-3H3,(H2,29,34)(H,33,40)(H,32,35,36,37)/t18-/m0/s1. The summed E-state index contributed by atoms with van der Waals surface area (Å²) in [7, 11) is 1.89. The van der Waals surface area contributed by atoms with Crippen LogP contribution in [0.25, 0.3) is 22.2 Å². The van der Waals surface area contributed by atoms with E-state index in [2.05, 4.69) is 40.6 Å². The number of rotatable bonds is 8. The fourth-order valence-electron chi connectivity index (χ4n) is 4.99. The van der Waals surface area contributed by atoms with Gasteiger partial charge in [-0.2, -0.15) is 10.1 Å². The van der Waals surface area contributed by atoms with Crippen molar-refractivity contribution in [2.45, 2.75) is 26.4 Å². The molecule has 1 saturated heterocycles. The molecule has 6 rings (SSSR count). The number of amides is 1. The zero-order valence-electron chi connectivity index (χ0n) is 23.0. The second-order valence-corrected chi connectivity index (χ2v) is 10.2. The van der Waals surface area contributed by atoms with Gasteiger partial charge in [0.15, 0.2) is 5.82 Å². The maximum absolute atomic E-state index is 13.0. The fourth-order valence-corrected chi connectivity index (χ4v) is 4.99. The van der Waals surface area contributed by atoms with Crippen molar-refractivity contribution in [2.75, 3.05) is 36.0 Å². The van der Waals surface area contributed by atoms with Crippen LogP contribution in [-0.4, -0.2) is 71.2 Å². The predicted molar refractivity (Wildman–Crippen MR) is 156 cm³/mol. The molecule has 0 radical (unpaired) electrons. The molecule has 1 amide bonds. The van der Waals surface area contributed by atoms with Crippen molar-refractivity contribution in [3.05, 3.63) is 60.3 Å². The first kappa shape index (κ1) is 26.2. The molecule has 1 aromatic carbocycles. The summed E-state index contributed by atoms with van der Waals surface area (Å²) in [6.07, 6.45) is 7.42. The lowest BCUT2D eigenvalue weighted by Gasteiger charge is -2.16. The number of H-pyrrole nitrogens is 1. The van der Waals surface area contributed by atoms with Crippen molar-refractivity contribution < 1.29 is 9.53 Å². The van der Waals surface area contributed by atoms with Crippen LogP contribution in [0.5, 0.6) is 5.88 Å². The van der Waals surface area contributed by atoms with Crippen molar-refractivity contribution in [2.24, 2.45) is 7.05 Å². The van der Waals surface area contributed by atoms with Crippen LogP contribution in [0.4, 0.5) is 23.3 Å². The zero-order valence-corrected chi connectivity index (χ0v) is 23.0. The number of aromatic nitrogens is 7. The molecule has 1 aliphatic heterocycles. The Kier molecular flexibility index (Phi) is 6.93. The van der Waals surface area contributed by atoms with Crippen molar-refractivity contribution in [1.29, 1.82) is 0 Å². The number of nitrogens with one attached hydrogen (secondary N) is 3. The van der Waals surface area contributed by atoms with Crippen LogP contribution in [0.1, 0.15) is 17.7 Å². The SMILES string of the molecule is Cc1cnc(Nc2cc(C)n(C)n2)nc1-c1c[nH]c2c(NC(=O)CN3CC[C@H](Oc4cncc(N)n4)C3)cccc12. The zero-order chi connectivity index (χ0) is 28.5. The van der Waals surface area contributed by atoms with E-state index in [-0.39, 0.29) is 18.6 Å². The minimum absolute atomic E-state index is 0.0783. The van der Waals surface area contributed by atoms with E-state index in [1.165, 1.54) is 6.20 Å². The smallest absolute Gasteiger partial charge is 0.238 e. The maximum Gasteiger partial charge on any atom is 0.238 e. The predicted octanol–water partition coefficient (Wildman–Crippen LogP) is 3.18. The van der Waals surface area contributed by atoms with Crippen LogP contribution in [-0.2, 0) is 11.8 Å². The molecule has 5 aromatic rings. The molecule has 0 spiro atoms. The highest BCUT2D eigenvalue weighted by Gasteiger charge is 2.26. The van der Waals surface area contributed by atoms with Gasteiger partial charge in [0.05, 0.1) is 35.8 Å². The first-order valence-corrected chi connectivity index (χ1v) is 13.3. The van der Waals surface area contributed by atoms with Gasteiger partial charge in [-0.3, -0.25) is 19.4 Å². The Labute approximate surface area is 236 Å². The van der Waals surface area contributed by atoms with Gasteiger partial charge >= 0.3 is 0 Å². The number of aromatic amines is 1. The quantitative estimate of drug-likeness (QED) is 0.224. The Balaban J connectivity index is 1.14. The first-order chi connectivity index (χ1) is 19.8. The Hall–Kier alpha value is -5.04. The van der Waals surface area contributed by atoms with E-state index < -0.39 is 0 Å². The summed E-state index contributed by atoms with van der Waals surface area (Å²) in [5.74, 6) is 1.73. The Bertz CT molecular complexity index is 1710. The third-order valence-corrected chi connectivity index (χ3v) is 7.08. The molecule has 5 heterocycles. The second kappa shape index (κ2) is 10.8. The molecule has 0 aliphatic carbocycles. The number of aryl methyl sites for hydroxylation is 3. The Morgan fingerprint density at radius 3 is 2.90 bits per heavy atom. The number of fused-ring (bicyclic) bond motifs is 1. The molecule has 5 N–H and O–H groups in total. The lowest BCUT2D eigenvalue weighted by atomic mass is 10.1. The highest BCUT2D eigenvalue weighted by Crippen LogP contribution is 2.33. The van der Waals surface area contributed by atoms with E-state index in [4.69, 9.17) is 15.5 Å². The van der Waals surface area contributed by atoms with E-state index in [1.807, 2.05) is 51.4 Å². The maximum atomic E-state index is 13.0. The van der Waals surface area contributed by atoms with Gasteiger partial charge in [0.2, 0.25) is 17.7 Å². The van der Waals surface area contributed by atoms with Crippen molar-refractivity contribution in [3.63, 3.8) is 0 Å². The van der Waals surface area contributed by atoms with Gasteiger partial charge in [-0.15, -0.1) is 0 Å². The number of hydrogen-bond donors (Lipinski definition) is 4. The third-order valence-electron chi connectivity index (χ3n) is 7.08. The molecule has 1 atom stereocenters. The van der Waals surface area contributed by atoms with Crippen molar-refractivity contribution >= 4 is 40.1 Å². The van der Waals surface area contributed by atoms with E-state index in [0.29, 0.717) is 35.7 Å². The van der Waals surface area contributed by atoms with Gasteiger partial charge in [0.25, 0.3) is 0 Å². The summed E-state index contributed by atoms with van der Waals surface area (Å²) in [4.78, 5) is 35.8. The summed E-state index contributed by atoms with van der Waals surface area (Å²) in [5.41, 5.74) is 10.9. The van der Waals surface area contributed by atoms with Crippen molar-refractivity contribution in [1.82, 2.24) is 39.6 Å². The van der Waals surface area contributed by atoms with Crippen LogP contribution < -0.4 is 21.1 Å². The second-order valence-electron chi connectivity index (χ2n) is 10.2. The van der Waals surface area contributed by atoms with E-state index in [0.717, 1.165) is 46.4 Å². The summed E-state index contributed by atoms with van der Waals surface area (Å²) in [5, 5.41) is 11.6. The monoisotopic (exact) mass is 553 g/mol. The number of ether oxygens (including phenoxy) is 1. The van der Waals surface area contributed by atoms with Gasteiger partial charge in [-0.1, -0.05) is 12.1 Å². The lowest BCUT2D eigenvalue weighted by molar-refractivity contribution is -0.117. The molecule has 0 unspecified atom stereocenters. The molecule has 0 bridgehead atoms. The average Bonchev–Trinajstić information content (AvgIpc) is 3.64. The number of para-hydroxylation sites is 1. The molecule has 13 heteroatoms. The number of nitrogen functional groups attached to an aromatic ring is 1. The normalized spacial score (nSPS) is 15.3. The van der Waals surface area contributed by atoms with Gasteiger partial charge in [-0.05, 0) is 31.9 Å². The minimum Gasteiger partial charge on any atom is -0.472 e. The molecular weight excluding hydrogens is 522 g/mol. The molecule has 4 aromatic heterocycles. The number of benzene rings is 1. The number of nitrogens with zero attached hydrogens (tertiary/aromatic N) is 7. The van der Waals surface area contributed by atoms with Gasteiger partial charge in [0, 0.05) is 55.2 Å². The van der Waals surface area contributed by atoms with Crippen LogP contribution >= 0.6 is 0 Å². The molecule has 0 saturated carbocycles. The van der Waals surface area contributed by atoms with Crippen LogP contribution in [0.2, 0.25) is 0 Å². The van der Waals surface area contributed by atoms with Gasteiger partial charge < -0.3 is 26.1 Å². The van der Waals surface area contributed by atoms with Crippen LogP contribution in [0, 0.1) is 13.8 Å². The van der Waals surface area contributed by atoms with E-state index in [1.54, 1.807) is 17.1 Å². The minimum atomic E-state index is -0.103. The van der Waals surface area contributed by atoms with Gasteiger partial charge in [0.1, 0.15) is 11.9 Å². The molecule has 1 aliphatic rings. The summed E-state index contributed by atoms with van der Waals surface area (Å²) >= 11 is 0. The van der Waals surface area contributed by atoms with Crippen LogP contribution in [0.3, 0.4) is 0 Å². The first-order valence-electron chi connectivity index (χ1n) is 13.3. The van der Waals surface area contributed by atoms with Crippen molar-refractivity contribution in [3.8, 4) is 17.1 Å². The number of carbonyl (C=O) groups is 1. The number of nitrogens with two attached hydrogens (primary N) is 1. The number of hydrogen-bond acceptors (Lipinski definition) is 10. The highest BCUT2D eigenvalue weighted by molar-refractivity contribution is 6.06. The molecule has 41 heavy (non-hydrogen) atoms. The van der Waals surface area contributed by atoms with E-state index in [9.17, 15) is 4.79 Å². The molecular formula is C28H31N11O2. The van der Waals surface area contributed by atoms with E-state index >= 15 is 0 Å². The topological polar surface area (TPSA) is 165 Å². The number of anilines is 4. The number of likely N-dealkylation sites (tertiary alicyclic amines) is 1. The average molecular weight is 554 g/mol. The number of carbonyl (C=O) groups excluding carboxylic acids is 1. The highest BCUT2D eigenvalue weighted by atomic mass is 16.5. The third kappa shape index (κ3) is 5.65. The molecule has 1 fully saturated rings. The summed E-state index contributed by atoms with van der Waals surface area (Å²) < 4.78 is 7.69. The van der Waals surface area contributed by atoms with Crippen LogP contribution in [0.15, 0.2) is 49.1 Å². The summed E-state index contributed by atoms with van der Waals surface area (Å²) in [6.45, 7) is 5.56. The Morgan fingerprint density at radius 2 is 2.10 bits per heavy atom. The molecule has 13 nitrogen and oxygen atoms in total. The Morgan fingerprint density at radius 1 is 1.22 bits per heavy atom. The summed E-state index contributed by atoms with van der Waals surface area (Å²) in [6, 6.07) is 7.76. The largest absolute Gasteiger partial charge is 0.472 e. The fraction of sp³-hybridized carbons (Fsp3) is 0.286. The van der Waals surface area contributed by atoms with Gasteiger partial charge in [-0.25, -0.2) is 9.97 Å².